The van der Waals surface area contributed by atoms with Crippen LogP contribution in [0.1, 0.15) is 11.1 Å². The van der Waals surface area contributed by atoms with E-state index >= 15 is 0 Å². The van der Waals surface area contributed by atoms with E-state index < -0.39 is 0 Å². The summed E-state index contributed by atoms with van der Waals surface area (Å²) in [6.07, 6.45) is 2.44. The highest BCUT2D eigenvalue weighted by Gasteiger charge is 2.13. The first-order chi connectivity index (χ1) is 13.3. The van der Waals surface area contributed by atoms with Crippen LogP contribution in [0.2, 0.25) is 5.02 Å². The van der Waals surface area contributed by atoms with Gasteiger partial charge in [-0.2, -0.15) is 10.1 Å². The Labute approximate surface area is 161 Å². The second-order valence-electron chi connectivity index (χ2n) is 6.01. The topological polar surface area (TPSA) is 81.2 Å². The molecule has 0 unspecified atom stereocenters. The monoisotopic (exact) mass is 383 g/mol. The van der Waals surface area contributed by atoms with E-state index in [9.17, 15) is 0 Å². The van der Waals surface area contributed by atoms with Gasteiger partial charge in [-0.05, 0) is 41.8 Å². The van der Waals surface area contributed by atoms with Crippen LogP contribution in [0.5, 0.6) is 11.5 Å². The fraction of sp³-hybridized carbons (Fsp3) is 0.211. The molecule has 0 fully saturated rings. The van der Waals surface area contributed by atoms with Crippen molar-refractivity contribution in [1.82, 2.24) is 15.2 Å². The van der Waals surface area contributed by atoms with Crippen LogP contribution in [0, 0.1) is 0 Å². The van der Waals surface area contributed by atoms with Gasteiger partial charge in [0, 0.05) is 18.1 Å². The minimum atomic E-state index is 0.271. The average Bonchev–Trinajstić information content (AvgIpc) is 3.16. The van der Waals surface area contributed by atoms with Gasteiger partial charge in [0.1, 0.15) is 0 Å². The normalized spacial score (nSPS) is 12.0. The molecule has 8 heteroatoms. The molecule has 0 saturated carbocycles. The van der Waals surface area contributed by atoms with Crippen LogP contribution in [-0.2, 0) is 13.0 Å². The maximum Gasteiger partial charge on any atom is 0.244 e. The van der Waals surface area contributed by atoms with Crippen LogP contribution in [0.15, 0.2) is 48.7 Å². The molecule has 0 spiro atoms. The molecule has 1 aliphatic heterocycles. The average molecular weight is 384 g/mol. The maximum atomic E-state index is 5.90. The fourth-order valence-corrected chi connectivity index (χ4v) is 2.80. The molecule has 1 aliphatic rings. The summed E-state index contributed by atoms with van der Waals surface area (Å²) in [5.74, 6) is 2.67. The molecule has 2 aromatic carbocycles. The number of aromatic nitrogens is 3. The molecule has 2 N–H and O–H groups in total. The molecule has 0 radical (unpaired) electrons. The van der Waals surface area contributed by atoms with E-state index in [2.05, 4.69) is 25.8 Å². The molecule has 0 atom stereocenters. The minimum Gasteiger partial charge on any atom is -0.454 e. The standard InChI is InChI=1S/C19H18ClN5O2/c20-15-4-1-13(2-5-15)7-8-21-19-24-18(11-23-25-19)22-10-14-3-6-16-17(9-14)27-12-26-16/h1-6,9,11H,7-8,10,12H2,(H2,21,22,24,25). The highest BCUT2D eigenvalue weighted by atomic mass is 35.5. The summed E-state index contributed by atoms with van der Waals surface area (Å²) in [4.78, 5) is 4.43. The Kier molecular flexibility index (Phi) is 5.20. The van der Waals surface area contributed by atoms with Gasteiger partial charge in [0.25, 0.3) is 0 Å². The third-order valence-electron chi connectivity index (χ3n) is 4.08. The number of halogens is 1. The van der Waals surface area contributed by atoms with Crippen LogP contribution in [-0.4, -0.2) is 28.5 Å². The smallest absolute Gasteiger partial charge is 0.244 e. The van der Waals surface area contributed by atoms with Crippen LogP contribution < -0.4 is 20.1 Å². The quantitative estimate of drug-likeness (QED) is 0.646. The predicted octanol–water partition coefficient (Wildman–Crippen LogP) is 3.52. The van der Waals surface area contributed by atoms with Gasteiger partial charge in [-0.15, -0.1) is 5.10 Å². The Hall–Kier alpha value is -3.06. The number of hydrogen-bond acceptors (Lipinski definition) is 7. The molecular weight excluding hydrogens is 366 g/mol. The molecule has 3 aromatic rings. The largest absolute Gasteiger partial charge is 0.454 e. The summed E-state index contributed by atoms with van der Waals surface area (Å²) < 4.78 is 10.7. The molecule has 138 valence electrons. The number of nitrogens with one attached hydrogen (secondary N) is 2. The number of hydrogen-bond donors (Lipinski definition) is 2. The van der Waals surface area contributed by atoms with Gasteiger partial charge in [-0.1, -0.05) is 29.8 Å². The number of fused-ring (bicyclic) bond motifs is 1. The lowest BCUT2D eigenvalue weighted by Crippen LogP contribution is -2.10. The van der Waals surface area contributed by atoms with Gasteiger partial charge in [-0.25, -0.2) is 0 Å². The lowest BCUT2D eigenvalue weighted by atomic mass is 10.1. The number of anilines is 2. The Bertz CT molecular complexity index is 920. The molecule has 0 saturated heterocycles. The van der Waals surface area contributed by atoms with Crippen LogP contribution in [0.4, 0.5) is 11.8 Å². The number of rotatable bonds is 7. The highest BCUT2D eigenvalue weighted by Crippen LogP contribution is 2.32. The van der Waals surface area contributed by atoms with Gasteiger partial charge < -0.3 is 20.1 Å². The lowest BCUT2D eigenvalue weighted by molar-refractivity contribution is 0.174. The molecule has 2 heterocycles. The van der Waals surface area contributed by atoms with E-state index in [4.69, 9.17) is 21.1 Å². The first-order valence-corrected chi connectivity index (χ1v) is 8.94. The SMILES string of the molecule is Clc1ccc(CCNc2nncc(NCc3ccc4c(c3)OCO4)n2)cc1. The van der Waals surface area contributed by atoms with Crippen molar-refractivity contribution >= 4 is 23.4 Å². The van der Waals surface area contributed by atoms with E-state index in [1.807, 2.05) is 42.5 Å². The van der Waals surface area contributed by atoms with Gasteiger partial charge in [-0.3, -0.25) is 0 Å². The predicted molar refractivity (Wildman–Crippen MR) is 103 cm³/mol. The maximum absolute atomic E-state index is 5.90. The second-order valence-corrected chi connectivity index (χ2v) is 6.45. The van der Waals surface area contributed by atoms with Crippen LogP contribution in [0.25, 0.3) is 0 Å². The van der Waals surface area contributed by atoms with E-state index in [1.54, 1.807) is 6.20 Å². The minimum absolute atomic E-state index is 0.271. The third kappa shape index (κ3) is 4.57. The molecule has 0 bridgehead atoms. The van der Waals surface area contributed by atoms with Crippen molar-refractivity contribution in [2.75, 3.05) is 24.0 Å². The first kappa shape index (κ1) is 17.4. The summed E-state index contributed by atoms with van der Waals surface area (Å²) in [5, 5.41) is 15.2. The van der Waals surface area contributed by atoms with Crippen molar-refractivity contribution < 1.29 is 9.47 Å². The Morgan fingerprint density at radius 3 is 2.67 bits per heavy atom. The highest BCUT2D eigenvalue weighted by molar-refractivity contribution is 6.30. The molecule has 27 heavy (non-hydrogen) atoms. The van der Waals surface area contributed by atoms with Crippen LogP contribution >= 0.6 is 11.6 Å². The molecule has 1 aromatic heterocycles. The molecule has 0 amide bonds. The molecule has 0 aliphatic carbocycles. The molecule has 4 rings (SSSR count). The molecule has 7 nitrogen and oxygen atoms in total. The van der Waals surface area contributed by atoms with Gasteiger partial charge >= 0.3 is 0 Å². The van der Waals surface area contributed by atoms with Gasteiger partial charge in [0.05, 0.1) is 6.20 Å². The Morgan fingerprint density at radius 1 is 0.963 bits per heavy atom. The van der Waals surface area contributed by atoms with Gasteiger partial charge in [0.2, 0.25) is 12.7 Å². The van der Waals surface area contributed by atoms with Crippen molar-refractivity contribution in [3.05, 3.63) is 64.8 Å². The fourth-order valence-electron chi connectivity index (χ4n) is 2.68. The zero-order valence-electron chi connectivity index (χ0n) is 14.5. The number of nitrogens with zero attached hydrogens (tertiary/aromatic N) is 3. The Balaban J connectivity index is 1.30. The van der Waals surface area contributed by atoms with Crippen molar-refractivity contribution in [1.29, 1.82) is 0 Å². The van der Waals surface area contributed by atoms with Crippen molar-refractivity contribution in [3.8, 4) is 11.5 Å². The lowest BCUT2D eigenvalue weighted by Gasteiger charge is -2.08. The summed E-state index contributed by atoms with van der Waals surface area (Å²) >= 11 is 5.90. The van der Waals surface area contributed by atoms with E-state index in [-0.39, 0.29) is 6.79 Å². The number of benzene rings is 2. The summed E-state index contributed by atoms with van der Waals surface area (Å²) in [6.45, 7) is 1.57. The summed E-state index contributed by atoms with van der Waals surface area (Å²) in [5.41, 5.74) is 2.26. The van der Waals surface area contributed by atoms with Crippen LogP contribution in [0.3, 0.4) is 0 Å². The van der Waals surface area contributed by atoms with Gasteiger partial charge in [0.15, 0.2) is 17.3 Å². The first-order valence-electron chi connectivity index (χ1n) is 8.57. The zero-order chi connectivity index (χ0) is 18.5. The van der Waals surface area contributed by atoms with Crippen molar-refractivity contribution in [2.24, 2.45) is 0 Å². The third-order valence-corrected chi connectivity index (χ3v) is 4.33. The second kappa shape index (κ2) is 8.09. The van der Waals surface area contributed by atoms with E-state index in [0.29, 0.717) is 24.9 Å². The summed E-state index contributed by atoms with van der Waals surface area (Å²) in [6, 6.07) is 13.6. The van der Waals surface area contributed by atoms with Crippen molar-refractivity contribution in [2.45, 2.75) is 13.0 Å². The zero-order valence-corrected chi connectivity index (χ0v) is 15.2. The number of ether oxygens (including phenoxy) is 2. The molecular formula is C19H18ClN5O2. The summed E-state index contributed by atoms with van der Waals surface area (Å²) in [7, 11) is 0. The Morgan fingerprint density at radius 2 is 1.78 bits per heavy atom. The van der Waals surface area contributed by atoms with E-state index in [1.165, 1.54) is 5.56 Å². The van der Waals surface area contributed by atoms with E-state index in [0.717, 1.165) is 28.5 Å². The van der Waals surface area contributed by atoms with Crippen molar-refractivity contribution in [3.63, 3.8) is 0 Å².